The van der Waals surface area contributed by atoms with Crippen LogP contribution in [0.2, 0.25) is 0 Å². The van der Waals surface area contributed by atoms with Crippen LogP contribution in [0.15, 0.2) is 48.5 Å². The third kappa shape index (κ3) is 7.50. The largest absolute Gasteiger partial charge is 0.377 e. The van der Waals surface area contributed by atoms with Gasteiger partial charge in [-0.2, -0.15) is 0 Å². The summed E-state index contributed by atoms with van der Waals surface area (Å²) in [5, 5.41) is 8.11. The molecule has 0 bridgehead atoms. The lowest BCUT2D eigenvalue weighted by molar-refractivity contribution is -0.120. The highest BCUT2D eigenvalue weighted by atomic mass is 16.5. The fourth-order valence-corrected chi connectivity index (χ4v) is 2.45. The van der Waals surface area contributed by atoms with Gasteiger partial charge in [-0.1, -0.05) is 54.1 Å². The molecule has 2 rings (SSSR count). The van der Waals surface area contributed by atoms with Gasteiger partial charge >= 0.3 is 6.03 Å². The number of ether oxygens (including phenoxy) is 1. The van der Waals surface area contributed by atoms with Crippen LogP contribution in [-0.2, 0) is 29.2 Å². The maximum atomic E-state index is 12.0. The number of urea groups is 1. The second-order valence-electron chi connectivity index (χ2n) is 6.20. The summed E-state index contributed by atoms with van der Waals surface area (Å²) in [6.07, 6.45) is 0. The van der Waals surface area contributed by atoms with Gasteiger partial charge < -0.3 is 20.7 Å². The van der Waals surface area contributed by atoms with Crippen molar-refractivity contribution in [3.05, 3.63) is 70.8 Å². The van der Waals surface area contributed by atoms with Crippen molar-refractivity contribution in [3.63, 3.8) is 0 Å². The zero-order chi connectivity index (χ0) is 19.5. The van der Waals surface area contributed by atoms with E-state index in [0.717, 1.165) is 16.7 Å². The number of carbonyl (C=O) groups excluding carboxylic acids is 2. The van der Waals surface area contributed by atoms with Crippen molar-refractivity contribution >= 4 is 11.9 Å². The number of aryl methyl sites for hydroxylation is 1. The van der Waals surface area contributed by atoms with E-state index in [4.69, 9.17) is 4.74 Å². The Labute approximate surface area is 160 Å². The van der Waals surface area contributed by atoms with E-state index < -0.39 is 0 Å². The Morgan fingerprint density at radius 2 is 1.59 bits per heavy atom. The number of nitrogens with one attached hydrogen (secondary N) is 3. The monoisotopic (exact) mass is 369 g/mol. The fraction of sp³-hybridized carbons (Fsp3) is 0.333. The molecule has 2 aromatic carbocycles. The molecule has 27 heavy (non-hydrogen) atoms. The Morgan fingerprint density at radius 3 is 2.30 bits per heavy atom. The summed E-state index contributed by atoms with van der Waals surface area (Å²) in [6, 6.07) is 15.3. The number of hydrogen-bond donors (Lipinski definition) is 3. The smallest absolute Gasteiger partial charge is 0.315 e. The summed E-state index contributed by atoms with van der Waals surface area (Å²) in [4.78, 5) is 23.8. The van der Waals surface area contributed by atoms with Crippen LogP contribution >= 0.6 is 0 Å². The number of benzene rings is 2. The Bertz CT molecular complexity index is 745. The first-order chi connectivity index (χ1) is 13.1. The van der Waals surface area contributed by atoms with Gasteiger partial charge in [0, 0.05) is 19.7 Å². The third-order valence-corrected chi connectivity index (χ3v) is 4.04. The van der Waals surface area contributed by atoms with E-state index >= 15 is 0 Å². The van der Waals surface area contributed by atoms with Crippen LogP contribution in [0.5, 0.6) is 0 Å². The quantitative estimate of drug-likeness (QED) is 0.636. The molecule has 144 valence electrons. The van der Waals surface area contributed by atoms with Gasteiger partial charge in [0.1, 0.15) is 0 Å². The van der Waals surface area contributed by atoms with Crippen molar-refractivity contribution in [3.8, 4) is 0 Å². The van der Waals surface area contributed by atoms with Crippen LogP contribution in [0, 0.1) is 6.92 Å². The Balaban J connectivity index is 1.70. The van der Waals surface area contributed by atoms with E-state index in [1.807, 2.05) is 62.4 Å². The van der Waals surface area contributed by atoms with Crippen molar-refractivity contribution in [2.45, 2.75) is 33.5 Å². The second kappa shape index (κ2) is 11.0. The zero-order valence-corrected chi connectivity index (χ0v) is 15.9. The lowest BCUT2D eigenvalue weighted by atomic mass is 10.1. The zero-order valence-electron chi connectivity index (χ0n) is 15.9. The molecule has 0 aliphatic carbocycles. The van der Waals surface area contributed by atoms with Gasteiger partial charge in [0.15, 0.2) is 0 Å². The van der Waals surface area contributed by atoms with E-state index in [1.54, 1.807) is 0 Å². The summed E-state index contributed by atoms with van der Waals surface area (Å²) in [7, 11) is 0. The molecular formula is C21H27N3O3. The number of carbonyl (C=O) groups is 2. The minimum atomic E-state index is -0.373. The molecule has 2 aromatic rings. The summed E-state index contributed by atoms with van der Waals surface area (Å²) in [6.45, 7) is 5.85. The van der Waals surface area contributed by atoms with Gasteiger partial charge in [0.05, 0.1) is 13.2 Å². The second-order valence-corrected chi connectivity index (χ2v) is 6.20. The van der Waals surface area contributed by atoms with Crippen LogP contribution in [0.25, 0.3) is 0 Å². The van der Waals surface area contributed by atoms with E-state index in [1.165, 1.54) is 5.56 Å². The highest BCUT2D eigenvalue weighted by molar-refractivity contribution is 5.83. The lowest BCUT2D eigenvalue weighted by Crippen LogP contribution is -2.41. The predicted octanol–water partition coefficient (Wildman–Crippen LogP) is 2.65. The molecule has 0 aliphatic rings. The van der Waals surface area contributed by atoms with Gasteiger partial charge in [-0.15, -0.1) is 0 Å². The molecule has 0 saturated heterocycles. The highest BCUT2D eigenvalue weighted by Gasteiger charge is 2.07. The molecule has 6 heteroatoms. The third-order valence-electron chi connectivity index (χ3n) is 4.04. The van der Waals surface area contributed by atoms with Gasteiger partial charge in [-0.3, -0.25) is 4.79 Å². The Hall–Kier alpha value is -2.86. The van der Waals surface area contributed by atoms with Gasteiger partial charge in [0.25, 0.3) is 0 Å². The molecule has 0 aromatic heterocycles. The topological polar surface area (TPSA) is 79.5 Å². The van der Waals surface area contributed by atoms with Crippen LogP contribution < -0.4 is 16.0 Å². The van der Waals surface area contributed by atoms with Gasteiger partial charge in [0.2, 0.25) is 5.91 Å². The Morgan fingerprint density at radius 1 is 0.889 bits per heavy atom. The predicted molar refractivity (Wildman–Crippen MR) is 105 cm³/mol. The van der Waals surface area contributed by atoms with Gasteiger partial charge in [-0.25, -0.2) is 4.79 Å². The van der Waals surface area contributed by atoms with Crippen LogP contribution in [0.3, 0.4) is 0 Å². The van der Waals surface area contributed by atoms with Crippen LogP contribution in [0.1, 0.15) is 29.2 Å². The van der Waals surface area contributed by atoms with Crippen molar-refractivity contribution < 1.29 is 14.3 Å². The van der Waals surface area contributed by atoms with Crippen LogP contribution in [-0.4, -0.2) is 25.1 Å². The first kappa shape index (κ1) is 20.5. The lowest BCUT2D eigenvalue weighted by Gasteiger charge is -2.11. The maximum Gasteiger partial charge on any atom is 0.315 e. The minimum absolute atomic E-state index is 0.0760. The summed E-state index contributed by atoms with van der Waals surface area (Å²) < 4.78 is 5.44. The van der Waals surface area contributed by atoms with E-state index in [2.05, 4.69) is 16.0 Å². The van der Waals surface area contributed by atoms with Crippen molar-refractivity contribution in [2.24, 2.45) is 0 Å². The number of rotatable bonds is 9. The molecule has 0 heterocycles. The molecule has 3 N–H and O–H groups in total. The molecule has 0 spiro atoms. The normalized spacial score (nSPS) is 10.3. The summed E-state index contributed by atoms with van der Waals surface area (Å²) in [5.41, 5.74) is 4.22. The Kier molecular flexibility index (Phi) is 8.32. The van der Waals surface area contributed by atoms with Crippen molar-refractivity contribution in [1.29, 1.82) is 0 Å². The molecule has 0 aliphatic heterocycles. The summed E-state index contributed by atoms with van der Waals surface area (Å²) in [5.74, 6) is -0.244. The highest BCUT2D eigenvalue weighted by Crippen LogP contribution is 2.09. The molecule has 0 fully saturated rings. The number of hydrogen-bond acceptors (Lipinski definition) is 3. The van der Waals surface area contributed by atoms with E-state index in [-0.39, 0.29) is 18.5 Å². The van der Waals surface area contributed by atoms with Crippen molar-refractivity contribution in [1.82, 2.24) is 16.0 Å². The van der Waals surface area contributed by atoms with E-state index in [9.17, 15) is 9.59 Å². The average Bonchev–Trinajstić information content (AvgIpc) is 2.69. The molecule has 3 amide bonds. The SMILES string of the molecule is CCOCc1ccccc1CNC(=O)CNC(=O)NCc1ccc(C)cc1. The summed E-state index contributed by atoms with van der Waals surface area (Å²) >= 11 is 0. The average molecular weight is 369 g/mol. The first-order valence-corrected chi connectivity index (χ1v) is 9.07. The molecular weight excluding hydrogens is 342 g/mol. The minimum Gasteiger partial charge on any atom is -0.377 e. The molecule has 0 atom stereocenters. The molecule has 0 radical (unpaired) electrons. The molecule has 0 saturated carbocycles. The standard InChI is InChI=1S/C21H27N3O3/c1-3-27-15-19-7-5-4-6-18(19)13-22-20(25)14-24-21(26)23-12-17-10-8-16(2)9-11-17/h4-11H,3,12-15H2,1-2H3,(H,22,25)(H2,23,24,26). The number of amides is 3. The van der Waals surface area contributed by atoms with E-state index in [0.29, 0.717) is 26.3 Å². The molecule has 6 nitrogen and oxygen atoms in total. The van der Waals surface area contributed by atoms with Crippen molar-refractivity contribution in [2.75, 3.05) is 13.2 Å². The van der Waals surface area contributed by atoms with Gasteiger partial charge in [-0.05, 0) is 30.5 Å². The van der Waals surface area contributed by atoms with Crippen LogP contribution in [0.4, 0.5) is 4.79 Å². The fourth-order valence-electron chi connectivity index (χ4n) is 2.45. The maximum absolute atomic E-state index is 12.0. The first-order valence-electron chi connectivity index (χ1n) is 9.07. The molecule has 0 unspecified atom stereocenters.